The number of hydrogen-bond donors (Lipinski definition) is 1. The lowest BCUT2D eigenvalue weighted by Crippen LogP contribution is -2.53. The molecule has 1 aliphatic carbocycles. The number of fused-ring (bicyclic) bond motifs is 3. The van der Waals surface area contributed by atoms with Crippen LogP contribution in [0.15, 0.2) is 11.1 Å². The van der Waals surface area contributed by atoms with Crippen molar-refractivity contribution in [3.63, 3.8) is 0 Å². The zero-order valence-electron chi connectivity index (χ0n) is 12.8. The van der Waals surface area contributed by atoms with Crippen LogP contribution < -0.4 is 5.56 Å². The molecule has 0 saturated carbocycles. The number of rotatable bonds is 3. The highest BCUT2D eigenvalue weighted by atomic mass is 32.1. The number of thiophene rings is 1. The van der Waals surface area contributed by atoms with Gasteiger partial charge in [-0.2, -0.15) is 0 Å². The third-order valence-electron chi connectivity index (χ3n) is 4.72. The van der Waals surface area contributed by atoms with Gasteiger partial charge in [-0.25, -0.2) is 4.98 Å². The van der Waals surface area contributed by atoms with E-state index in [4.69, 9.17) is 0 Å². The molecule has 6 nitrogen and oxygen atoms in total. The molecule has 0 atom stereocenters. The van der Waals surface area contributed by atoms with Crippen LogP contribution in [0.25, 0.3) is 10.2 Å². The monoisotopic (exact) mass is 333 g/mol. The Labute approximate surface area is 137 Å². The first kappa shape index (κ1) is 14.8. The molecule has 23 heavy (non-hydrogen) atoms. The first-order chi connectivity index (χ1) is 11.1. The normalized spacial score (nSPS) is 18.0. The Hall–Kier alpha value is -1.73. The molecular weight excluding hydrogens is 314 g/mol. The minimum Gasteiger partial charge on any atom is -0.389 e. The molecule has 4 rings (SSSR count). The van der Waals surface area contributed by atoms with Gasteiger partial charge in [-0.3, -0.25) is 14.2 Å². The van der Waals surface area contributed by atoms with Gasteiger partial charge in [0.1, 0.15) is 4.83 Å². The minimum atomic E-state index is -0.392. The van der Waals surface area contributed by atoms with Gasteiger partial charge in [0.2, 0.25) is 5.91 Å². The van der Waals surface area contributed by atoms with Crippen molar-refractivity contribution in [1.29, 1.82) is 0 Å². The molecule has 1 N–H and O–H groups in total. The van der Waals surface area contributed by atoms with Gasteiger partial charge in [0.05, 0.1) is 17.8 Å². The summed E-state index contributed by atoms with van der Waals surface area (Å²) in [6.07, 6.45) is 5.76. The van der Waals surface area contributed by atoms with E-state index >= 15 is 0 Å². The van der Waals surface area contributed by atoms with Crippen LogP contribution in [-0.4, -0.2) is 44.7 Å². The molecule has 0 radical (unpaired) electrons. The zero-order valence-corrected chi connectivity index (χ0v) is 13.6. The average Bonchev–Trinajstić information content (AvgIpc) is 2.90. The van der Waals surface area contributed by atoms with Crippen LogP contribution in [0.4, 0.5) is 0 Å². The maximum atomic E-state index is 12.7. The Morgan fingerprint density at radius 3 is 2.91 bits per heavy atom. The van der Waals surface area contributed by atoms with Crippen LogP contribution >= 0.6 is 11.3 Å². The van der Waals surface area contributed by atoms with E-state index in [1.807, 2.05) is 0 Å². The van der Waals surface area contributed by atoms with Gasteiger partial charge in [-0.1, -0.05) is 0 Å². The molecule has 0 spiro atoms. The third-order valence-corrected chi connectivity index (χ3v) is 5.92. The number of nitrogens with zero attached hydrogens (tertiary/aromatic N) is 3. The molecular formula is C16H19N3O3S. The fourth-order valence-corrected chi connectivity index (χ4v) is 4.59. The van der Waals surface area contributed by atoms with Crippen molar-refractivity contribution in [3.05, 3.63) is 27.1 Å². The SMILES string of the molecule is O=C(CCn1cnc2sc3c(c2c1=O)CCCC3)N1CC(O)C1. The second kappa shape index (κ2) is 5.72. The van der Waals surface area contributed by atoms with Crippen molar-refractivity contribution in [2.45, 2.75) is 44.8 Å². The number of carbonyl (C=O) groups is 1. The van der Waals surface area contributed by atoms with Crippen LogP contribution in [0.2, 0.25) is 0 Å². The summed E-state index contributed by atoms with van der Waals surface area (Å²) in [4.78, 5) is 32.9. The van der Waals surface area contributed by atoms with Gasteiger partial charge in [0, 0.05) is 30.9 Å². The number of aryl methyl sites for hydroxylation is 3. The lowest BCUT2D eigenvalue weighted by Gasteiger charge is -2.35. The number of aromatic nitrogens is 2. The first-order valence-corrected chi connectivity index (χ1v) is 8.90. The summed E-state index contributed by atoms with van der Waals surface area (Å²) in [5.41, 5.74) is 1.16. The van der Waals surface area contributed by atoms with Gasteiger partial charge >= 0.3 is 0 Å². The lowest BCUT2D eigenvalue weighted by atomic mass is 9.97. The number of likely N-dealkylation sites (tertiary alicyclic amines) is 1. The topological polar surface area (TPSA) is 75.4 Å². The standard InChI is InChI=1S/C16H19N3O3S/c20-10-7-19(8-10)13(21)5-6-18-9-17-15-14(16(18)22)11-3-1-2-4-12(11)23-15/h9-10,20H,1-8H2. The maximum Gasteiger partial charge on any atom is 0.262 e. The van der Waals surface area contributed by atoms with E-state index in [-0.39, 0.29) is 17.9 Å². The maximum absolute atomic E-state index is 12.7. The molecule has 1 amide bonds. The Morgan fingerprint density at radius 1 is 1.35 bits per heavy atom. The van der Waals surface area contributed by atoms with Crippen molar-refractivity contribution in [2.75, 3.05) is 13.1 Å². The number of aliphatic hydroxyl groups excluding tert-OH is 1. The van der Waals surface area contributed by atoms with Crippen molar-refractivity contribution in [2.24, 2.45) is 0 Å². The molecule has 2 aromatic rings. The van der Waals surface area contributed by atoms with Crippen LogP contribution in [-0.2, 0) is 24.2 Å². The van der Waals surface area contributed by atoms with Crippen LogP contribution in [0.3, 0.4) is 0 Å². The summed E-state index contributed by atoms with van der Waals surface area (Å²) in [6, 6.07) is 0. The van der Waals surface area contributed by atoms with Gasteiger partial charge in [0.25, 0.3) is 5.56 Å². The summed E-state index contributed by atoms with van der Waals surface area (Å²) in [5, 5.41) is 10.0. The second-order valence-corrected chi connectivity index (χ2v) is 7.42. The van der Waals surface area contributed by atoms with E-state index in [1.54, 1.807) is 27.1 Å². The fourth-order valence-electron chi connectivity index (χ4n) is 3.37. The molecule has 2 aliphatic rings. The Balaban J connectivity index is 1.57. The largest absolute Gasteiger partial charge is 0.389 e. The van der Waals surface area contributed by atoms with Gasteiger partial charge in [-0.15, -0.1) is 11.3 Å². The quantitative estimate of drug-likeness (QED) is 0.907. The van der Waals surface area contributed by atoms with Crippen molar-refractivity contribution in [1.82, 2.24) is 14.5 Å². The molecule has 1 saturated heterocycles. The molecule has 2 aromatic heterocycles. The molecule has 1 aliphatic heterocycles. The summed E-state index contributed by atoms with van der Waals surface area (Å²) in [5.74, 6) is -0.0188. The lowest BCUT2D eigenvalue weighted by molar-refractivity contribution is -0.141. The van der Waals surface area contributed by atoms with Gasteiger partial charge < -0.3 is 10.0 Å². The zero-order chi connectivity index (χ0) is 16.0. The van der Waals surface area contributed by atoms with Gasteiger partial charge in [0.15, 0.2) is 0 Å². The molecule has 3 heterocycles. The fraction of sp³-hybridized carbons (Fsp3) is 0.562. The molecule has 0 aromatic carbocycles. The number of amides is 1. The highest BCUT2D eigenvalue weighted by molar-refractivity contribution is 7.18. The van der Waals surface area contributed by atoms with E-state index in [0.717, 1.165) is 29.5 Å². The van der Waals surface area contributed by atoms with E-state index in [0.29, 0.717) is 19.6 Å². The molecule has 0 bridgehead atoms. The first-order valence-electron chi connectivity index (χ1n) is 8.09. The molecule has 7 heteroatoms. The predicted molar refractivity (Wildman–Crippen MR) is 87.7 cm³/mol. The number of β-amino-alcohol motifs (C(OH)–C–C–N with tert-alkyl or cyclic N) is 1. The summed E-state index contributed by atoms with van der Waals surface area (Å²) < 4.78 is 1.55. The van der Waals surface area contributed by atoms with Crippen LogP contribution in [0.5, 0.6) is 0 Å². The summed E-state index contributed by atoms with van der Waals surface area (Å²) in [6.45, 7) is 1.16. The second-order valence-electron chi connectivity index (χ2n) is 6.34. The van der Waals surface area contributed by atoms with E-state index in [2.05, 4.69) is 4.98 Å². The van der Waals surface area contributed by atoms with Crippen molar-refractivity contribution in [3.8, 4) is 0 Å². The summed E-state index contributed by atoms with van der Waals surface area (Å²) >= 11 is 1.64. The number of hydrogen-bond acceptors (Lipinski definition) is 5. The smallest absolute Gasteiger partial charge is 0.262 e. The minimum absolute atomic E-state index is 0.0188. The Kier molecular flexibility index (Phi) is 3.69. The summed E-state index contributed by atoms with van der Waals surface area (Å²) in [7, 11) is 0. The van der Waals surface area contributed by atoms with Crippen molar-refractivity contribution < 1.29 is 9.90 Å². The third kappa shape index (κ3) is 2.57. The molecule has 0 unspecified atom stereocenters. The van der Waals surface area contributed by atoms with Gasteiger partial charge in [-0.05, 0) is 31.2 Å². The average molecular weight is 333 g/mol. The van der Waals surface area contributed by atoms with E-state index in [1.165, 1.54) is 16.9 Å². The highest BCUT2D eigenvalue weighted by Crippen LogP contribution is 2.33. The van der Waals surface area contributed by atoms with Crippen molar-refractivity contribution >= 4 is 27.5 Å². The van der Waals surface area contributed by atoms with Crippen LogP contribution in [0.1, 0.15) is 29.7 Å². The predicted octanol–water partition coefficient (Wildman–Crippen LogP) is 0.930. The highest BCUT2D eigenvalue weighted by Gasteiger charge is 2.28. The Bertz CT molecular complexity index is 820. The van der Waals surface area contributed by atoms with E-state index in [9.17, 15) is 14.7 Å². The number of carbonyl (C=O) groups excluding carboxylic acids is 1. The molecule has 1 fully saturated rings. The van der Waals surface area contributed by atoms with Crippen LogP contribution in [0, 0.1) is 0 Å². The van der Waals surface area contributed by atoms with E-state index < -0.39 is 6.10 Å². The Morgan fingerprint density at radius 2 is 2.13 bits per heavy atom. The number of aliphatic hydroxyl groups is 1. The molecule has 122 valence electrons.